The Balaban J connectivity index is 2.74. The number of anilines is 1. The maximum absolute atomic E-state index is 11.9. The lowest BCUT2D eigenvalue weighted by atomic mass is 9.92. The number of carbonyl (C=O) groups is 1. The number of amides is 1. The smallest absolute Gasteiger partial charge is 0.221 e. The lowest BCUT2D eigenvalue weighted by molar-refractivity contribution is -0.121. The summed E-state index contributed by atoms with van der Waals surface area (Å²) in [7, 11) is 0. The van der Waals surface area contributed by atoms with Gasteiger partial charge in [-0.05, 0) is 36.3 Å². The molecule has 0 aliphatic rings. The minimum atomic E-state index is 0.120. The van der Waals surface area contributed by atoms with Crippen LogP contribution in [0.4, 0.5) is 5.69 Å². The van der Waals surface area contributed by atoms with Gasteiger partial charge in [-0.2, -0.15) is 0 Å². The van der Waals surface area contributed by atoms with Crippen LogP contribution < -0.4 is 10.6 Å². The molecule has 0 fully saturated rings. The zero-order valence-electron chi connectivity index (χ0n) is 15.0. The van der Waals surface area contributed by atoms with Gasteiger partial charge in [-0.3, -0.25) is 4.79 Å². The van der Waals surface area contributed by atoms with E-state index in [2.05, 4.69) is 63.5 Å². The number of rotatable bonds is 8. The van der Waals surface area contributed by atoms with Crippen molar-refractivity contribution in [3.8, 4) is 0 Å². The van der Waals surface area contributed by atoms with Gasteiger partial charge in [0.2, 0.25) is 5.91 Å². The predicted octanol–water partition coefficient (Wildman–Crippen LogP) is 4.65. The van der Waals surface area contributed by atoms with Crippen LogP contribution in [0.15, 0.2) is 18.2 Å². The molecule has 1 amide bonds. The maximum Gasteiger partial charge on any atom is 0.221 e. The highest BCUT2D eigenvalue weighted by Crippen LogP contribution is 2.32. The average molecular weight is 304 g/mol. The van der Waals surface area contributed by atoms with E-state index in [1.807, 2.05) is 6.92 Å². The van der Waals surface area contributed by atoms with Gasteiger partial charge in [0.15, 0.2) is 0 Å². The van der Waals surface area contributed by atoms with Crippen LogP contribution in [-0.2, 0) is 4.79 Å². The first kappa shape index (κ1) is 18.5. The van der Waals surface area contributed by atoms with Gasteiger partial charge in [-0.15, -0.1) is 0 Å². The van der Waals surface area contributed by atoms with E-state index in [0.717, 1.165) is 6.42 Å². The van der Waals surface area contributed by atoms with Gasteiger partial charge in [0.1, 0.15) is 0 Å². The number of nitrogens with one attached hydrogen (secondary N) is 2. The van der Waals surface area contributed by atoms with Crippen molar-refractivity contribution < 1.29 is 4.79 Å². The molecule has 3 heteroatoms. The van der Waals surface area contributed by atoms with Gasteiger partial charge in [0.25, 0.3) is 0 Å². The summed E-state index contributed by atoms with van der Waals surface area (Å²) in [5.74, 6) is 1.06. The Kier molecular flexibility index (Phi) is 7.43. The standard InChI is InChI=1S/C19H32N2O/c1-7-15(6)21-18(22)11-12-20-19-16(13(2)3)9-8-10-17(19)14(4)5/h8-10,13-15,20H,7,11-12H2,1-6H3,(H,21,22). The van der Waals surface area contributed by atoms with E-state index in [1.54, 1.807) is 0 Å². The largest absolute Gasteiger partial charge is 0.384 e. The first-order valence-electron chi connectivity index (χ1n) is 8.52. The Bertz CT molecular complexity index is 454. The van der Waals surface area contributed by atoms with Crippen LogP contribution in [0.3, 0.4) is 0 Å². The number of para-hydroxylation sites is 1. The Morgan fingerprint density at radius 2 is 1.59 bits per heavy atom. The fourth-order valence-corrected chi connectivity index (χ4v) is 2.51. The van der Waals surface area contributed by atoms with E-state index >= 15 is 0 Å². The second-order valence-electron chi connectivity index (χ2n) is 6.67. The molecule has 0 aliphatic heterocycles. The number of hydrogen-bond acceptors (Lipinski definition) is 2. The molecule has 1 aromatic rings. The van der Waals surface area contributed by atoms with Crippen molar-refractivity contribution >= 4 is 11.6 Å². The number of hydrogen-bond donors (Lipinski definition) is 2. The minimum absolute atomic E-state index is 0.120. The average Bonchev–Trinajstić information content (AvgIpc) is 2.46. The van der Waals surface area contributed by atoms with Crippen LogP contribution in [0.5, 0.6) is 0 Å². The number of benzene rings is 1. The predicted molar refractivity (Wildman–Crippen MR) is 95.6 cm³/mol. The summed E-state index contributed by atoms with van der Waals surface area (Å²) in [5.41, 5.74) is 3.87. The van der Waals surface area contributed by atoms with Crippen LogP contribution in [0.25, 0.3) is 0 Å². The normalized spacial score (nSPS) is 12.5. The molecule has 124 valence electrons. The third-order valence-electron chi connectivity index (χ3n) is 4.05. The molecule has 1 rings (SSSR count). The highest BCUT2D eigenvalue weighted by atomic mass is 16.1. The molecular weight excluding hydrogens is 272 g/mol. The van der Waals surface area contributed by atoms with E-state index in [9.17, 15) is 4.79 Å². The maximum atomic E-state index is 11.9. The minimum Gasteiger partial charge on any atom is -0.384 e. The molecule has 1 unspecified atom stereocenters. The molecule has 22 heavy (non-hydrogen) atoms. The zero-order valence-corrected chi connectivity index (χ0v) is 15.0. The molecule has 0 aromatic heterocycles. The quantitative estimate of drug-likeness (QED) is 0.734. The van der Waals surface area contributed by atoms with Gasteiger partial charge in [0, 0.05) is 24.7 Å². The van der Waals surface area contributed by atoms with Crippen LogP contribution in [0.1, 0.15) is 77.3 Å². The van der Waals surface area contributed by atoms with Crippen molar-refractivity contribution in [2.75, 3.05) is 11.9 Å². The van der Waals surface area contributed by atoms with Crippen LogP contribution in [0, 0.1) is 0 Å². The van der Waals surface area contributed by atoms with Gasteiger partial charge >= 0.3 is 0 Å². The molecule has 2 N–H and O–H groups in total. The van der Waals surface area contributed by atoms with Crippen molar-refractivity contribution in [2.45, 2.75) is 72.3 Å². The van der Waals surface area contributed by atoms with Crippen molar-refractivity contribution in [3.63, 3.8) is 0 Å². The Hall–Kier alpha value is -1.51. The molecule has 0 heterocycles. The molecule has 0 spiro atoms. The fraction of sp³-hybridized carbons (Fsp3) is 0.632. The second kappa shape index (κ2) is 8.82. The molecule has 3 nitrogen and oxygen atoms in total. The summed E-state index contributed by atoms with van der Waals surface area (Å²) in [5, 5.41) is 6.52. The molecule has 0 radical (unpaired) electrons. The highest BCUT2D eigenvalue weighted by molar-refractivity contribution is 5.77. The van der Waals surface area contributed by atoms with E-state index in [1.165, 1.54) is 16.8 Å². The van der Waals surface area contributed by atoms with Crippen molar-refractivity contribution in [1.29, 1.82) is 0 Å². The first-order chi connectivity index (χ1) is 10.4. The molecule has 0 saturated heterocycles. The van der Waals surface area contributed by atoms with Gasteiger partial charge in [-0.25, -0.2) is 0 Å². The molecule has 1 aromatic carbocycles. The topological polar surface area (TPSA) is 41.1 Å². The second-order valence-corrected chi connectivity index (χ2v) is 6.67. The van der Waals surface area contributed by atoms with E-state index in [0.29, 0.717) is 24.8 Å². The van der Waals surface area contributed by atoms with Crippen LogP contribution in [-0.4, -0.2) is 18.5 Å². The molecule has 0 aliphatic carbocycles. The summed E-state index contributed by atoms with van der Waals surface area (Å²) >= 11 is 0. The summed E-state index contributed by atoms with van der Waals surface area (Å²) in [6.45, 7) is 13.6. The molecular formula is C19H32N2O. The highest BCUT2D eigenvalue weighted by Gasteiger charge is 2.13. The molecule has 1 atom stereocenters. The van der Waals surface area contributed by atoms with Crippen molar-refractivity contribution in [1.82, 2.24) is 5.32 Å². The molecule has 0 saturated carbocycles. The third-order valence-corrected chi connectivity index (χ3v) is 4.05. The Morgan fingerprint density at radius 1 is 1.05 bits per heavy atom. The Labute approximate surface area is 135 Å². The van der Waals surface area contributed by atoms with E-state index in [-0.39, 0.29) is 11.9 Å². The van der Waals surface area contributed by atoms with Crippen LogP contribution in [0.2, 0.25) is 0 Å². The van der Waals surface area contributed by atoms with Gasteiger partial charge in [-0.1, -0.05) is 52.8 Å². The SMILES string of the molecule is CCC(C)NC(=O)CCNc1c(C(C)C)cccc1C(C)C. The summed E-state index contributed by atoms with van der Waals surface area (Å²) < 4.78 is 0. The monoisotopic (exact) mass is 304 g/mol. The number of carbonyl (C=O) groups excluding carboxylic acids is 1. The zero-order chi connectivity index (χ0) is 16.7. The lowest BCUT2D eigenvalue weighted by Gasteiger charge is -2.21. The van der Waals surface area contributed by atoms with E-state index < -0.39 is 0 Å². The van der Waals surface area contributed by atoms with E-state index in [4.69, 9.17) is 0 Å². The fourth-order valence-electron chi connectivity index (χ4n) is 2.51. The third kappa shape index (κ3) is 5.36. The lowest BCUT2D eigenvalue weighted by Crippen LogP contribution is -2.33. The van der Waals surface area contributed by atoms with Crippen molar-refractivity contribution in [3.05, 3.63) is 29.3 Å². The summed E-state index contributed by atoms with van der Waals surface area (Å²) in [6, 6.07) is 6.74. The van der Waals surface area contributed by atoms with Crippen molar-refractivity contribution in [2.24, 2.45) is 0 Å². The molecule has 0 bridgehead atoms. The Morgan fingerprint density at radius 3 is 2.05 bits per heavy atom. The van der Waals surface area contributed by atoms with Gasteiger partial charge < -0.3 is 10.6 Å². The van der Waals surface area contributed by atoms with Gasteiger partial charge in [0.05, 0.1) is 0 Å². The summed E-state index contributed by atoms with van der Waals surface area (Å²) in [4.78, 5) is 11.9. The first-order valence-corrected chi connectivity index (χ1v) is 8.52. The van der Waals surface area contributed by atoms with Crippen LogP contribution >= 0.6 is 0 Å². The summed E-state index contributed by atoms with van der Waals surface area (Å²) in [6.07, 6.45) is 1.47.